The van der Waals surface area contributed by atoms with Crippen molar-refractivity contribution in [3.8, 4) is 0 Å². The molecule has 2 heterocycles. The molecule has 0 aromatic carbocycles. The van der Waals surface area contributed by atoms with E-state index in [-0.39, 0.29) is 16.0 Å². The van der Waals surface area contributed by atoms with Crippen LogP contribution >= 0.6 is 11.6 Å². The van der Waals surface area contributed by atoms with Crippen LogP contribution in [0.4, 0.5) is 5.82 Å². The standard InChI is InChI=1S/C9H10ClN5O2S/c1-2-15-4-3-8(13-15)14-18(16,17)7-5-11-9(10)12-6-7/h3-6H,2H2,1H3,(H,13,14). The molecule has 2 rings (SSSR count). The Kier molecular flexibility index (Phi) is 3.48. The fourth-order valence-electron chi connectivity index (χ4n) is 1.23. The normalized spacial score (nSPS) is 11.4. The van der Waals surface area contributed by atoms with Gasteiger partial charge in [-0.1, -0.05) is 0 Å². The summed E-state index contributed by atoms with van der Waals surface area (Å²) in [6.45, 7) is 2.56. The van der Waals surface area contributed by atoms with Gasteiger partial charge in [0.1, 0.15) is 4.90 Å². The number of sulfonamides is 1. The minimum absolute atomic E-state index is 0.00999. The monoisotopic (exact) mass is 287 g/mol. The number of hydrogen-bond acceptors (Lipinski definition) is 5. The highest BCUT2D eigenvalue weighted by Gasteiger charge is 2.16. The zero-order valence-electron chi connectivity index (χ0n) is 9.41. The lowest BCUT2D eigenvalue weighted by molar-refractivity contribution is 0.599. The molecule has 0 aliphatic rings. The van der Waals surface area contributed by atoms with Crippen molar-refractivity contribution in [2.45, 2.75) is 18.4 Å². The van der Waals surface area contributed by atoms with Crippen molar-refractivity contribution in [1.82, 2.24) is 19.7 Å². The molecule has 1 N–H and O–H groups in total. The second-order valence-electron chi connectivity index (χ2n) is 3.35. The van der Waals surface area contributed by atoms with E-state index in [4.69, 9.17) is 11.6 Å². The van der Waals surface area contributed by atoms with Crippen LogP contribution in [0.5, 0.6) is 0 Å². The Hall–Kier alpha value is -1.67. The summed E-state index contributed by atoms with van der Waals surface area (Å²) < 4.78 is 27.8. The molecule has 0 saturated carbocycles. The molecule has 0 bridgehead atoms. The van der Waals surface area contributed by atoms with Crippen LogP contribution < -0.4 is 4.72 Å². The average molecular weight is 288 g/mol. The highest BCUT2D eigenvalue weighted by Crippen LogP contribution is 2.13. The van der Waals surface area contributed by atoms with Gasteiger partial charge in [-0.2, -0.15) is 5.10 Å². The van der Waals surface area contributed by atoms with Gasteiger partial charge in [0.2, 0.25) is 5.28 Å². The topological polar surface area (TPSA) is 89.8 Å². The SMILES string of the molecule is CCn1ccc(NS(=O)(=O)c2cnc(Cl)nc2)n1. The van der Waals surface area contributed by atoms with Crippen LogP contribution in [0.3, 0.4) is 0 Å². The number of aromatic nitrogens is 4. The Balaban J connectivity index is 2.24. The maximum atomic E-state index is 11.9. The van der Waals surface area contributed by atoms with Gasteiger partial charge in [0.15, 0.2) is 5.82 Å². The molecular formula is C9H10ClN5O2S. The summed E-state index contributed by atoms with van der Waals surface area (Å²) in [5.74, 6) is 0.242. The molecule has 0 atom stereocenters. The molecular weight excluding hydrogens is 278 g/mol. The van der Waals surface area contributed by atoms with E-state index in [0.29, 0.717) is 6.54 Å². The van der Waals surface area contributed by atoms with Gasteiger partial charge in [-0.15, -0.1) is 0 Å². The number of nitrogens with zero attached hydrogens (tertiary/aromatic N) is 4. The van der Waals surface area contributed by atoms with Crippen LogP contribution in [0.25, 0.3) is 0 Å². The number of rotatable bonds is 4. The predicted molar refractivity (Wildman–Crippen MR) is 65.8 cm³/mol. The van der Waals surface area contributed by atoms with Gasteiger partial charge < -0.3 is 0 Å². The molecule has 0 unspecified atom stereocenters. The van der Waals surface area contributed by atoms with Crippen molar-refractivity contribution >= 4 is 27.4 Å². The Morgan fingerprint density at radius 3 is 2.61 bits per heavy atom. The first-order valence-electron chi connectivity index (χ1n) is 5.05. The van der Waals surface area contributed by atoms with Crippen molar-refractivity contribution in [3.63, 3.8) is 0 Å². The quantitative estimate of drug-likeness (QED) is 0.852. The molecule has 2 aromatic rings. The summed E-state index contributed by atoms with van der Waals surface area (Å²) in [7, 11) is -3.73. The largest absolute Gasteiger partial charge is 0.271 e. The smallest absolute Gasteiger partial charge is 0.266 e. The summed E-state index contributed by atoms with van der Waals surface area (Å²) in [5, 5.41) is 4.01. The summed E-state index contributed by atoms with van der Waals surface area (Å²) in [6.07, 6.45) is 3.94. The van der Waals surface area contributed by atoms with Crippen LogP contribution in [0.1, 0.15) is 6.92 Å². The first kappa shape index (κ1) is 12.8. The number of nitrogens with one attached hydrogen (secondary N) is 1. The maximum absolute atomic E-state index is 11.9. The zero-order chi connectivity index (χ0) is 13.2. The van der Waals surface area contributed by atoms with Crippen molar-refractivity contribution < 1.29 is 8.42 Å². The minimum Gasteiger partial charge on any atom is -0.271 e. The van der Waals surface area contributed by atoms with E-state index in [9.17, 15) is 8.42 Å². The molecule has 0 aliphatic carbocycles. The summed E-state index contributed by atoms with van der Waals surface area (Å²) in [4.78, 5) is 7.16. The zero-order valence-corrected chi connectivity index (χ0v) is 11.0. The van der Waals surface area contributed by atoms with Gasteiger partial charge in [0.25, 0.3) is 10.0 Å². The van der Waals surface area contributed by atoms with E-state index in [1.54, 1.807) is 16.9 Å². The molecule has 0 aliphatic heterocycles. The number of halogens is 1. The van der Waals surface area contributed by atoms with Gasteiger partial charge in [-0.25, -0.2) is 18.4 Å². The van der Waals surface area contributed by atoms with Crippen molar-refractivity contribution in [2.75, 3.05) is 4.72 Å². The Morgan fingerprint density at radius 2 is 2.06 bits per heavy atom. The first-order chi connectivity index (χ1) is 8.51. The number of hydrogen-bond donors (Lipinski definition) is 1. The molecule has 0 saturated heterocycles. The Labute approximate surface area is 109 Å². The van der Waals surface area contributed by atoms with Gasteiger partial charge in [-0.3, -0.25) is 9.40 Å². The van der Waals surface area contributed by atoms with E-state index in [1.165, 1.54) is 0 Å². The van der Waals surface area contributed by atoms with Crippen LogP contribution in [-0.2, 0) is 16.6 Å². The third kappa shape index (κ3) is 2.77. The lowest BCUT2D eigenvalue weighted by Crippen LogP contribution is -2.14. The fourth-order valence-corrected chi connectivity index (χ4v) is 2.21. The Bertz CT molecular complexity index is 637. The maximum Gasteiger partial charge on any atom is 0.266 e. The van der Waals surface area contributed by atoms with E-state index < -0.39 is 10.0 Å². The molecule has 18 heavy (non-hydrogen) atoms. The van der Waals surface area contributed by atoms with E-state index >= 15 is 0 Å². The molecule has 9 heteroatoms. The minimum atomic E-state index is -3.73. The van der Waals surface area contributed by atoms with Crippen LogP contribution in [-0.4, -0.2) is 28.2 Å². The van der Waals surface area contributed by atoms with Crippen LogP contribution in [0.2, 0.25) is 5.28 Å². The average Bonchev–Trinajstić information content (AvgIpc) is 2.76. The predicted octanol–water partition coefficient (Wildman–Crippen LogP) is 1.15. The fraction of sp³-hybridized carbons (Fsp3) is 0.222. The third-order valence-electron chi connectivity index (χ3n) is 2.11. The molecule has 96 valence electrons. The van der Waals surface area contributed by atoms with Crippen molar-refractivity contribution in [3.05, 3.63) is 29.9 Å². The molecule has 2 aromatic heterocycles. The van der Waals surface area contributed by atoms with Gasteiger partial charge in [0, 0.05) is 18.8 Å². The number of aryl methyl sites for hydroxylation is 1. The first-order valence-corrected chi connectivity index (χ1v) is 6.91. The van der Waals surface area contributed by atoms with E-state index in [0.717, 1.165) is 12.4 Å². The molecule has 0 amide bonds. The summed E-state index contributed by atoms with van der Waals surface area (Å²) in [5.41, 5.74) is 0. The molecule has 0 fully saturated rings. The van der Waals surface area contributed by atoms with Crippen molar-refractivity contribution in [1.29, 1.82) is 0 Å². The summed E-state index contributed by atoms with van der Waals surface area (Å²) in [6, 6.07) is 1.57. The second-order valence-corrected chi connectivity index (χ2v) is 5.37. The lowest BCUT2D eigenvalue weighted by atomic mass is 10.7. The lowest BCUT2D eigenvalue weighted by Gasteiger charge is -2.04. The number of anilines is 1. The highest BCUT2D eigenvalue weighted by atomic mass is 35.5. The van der Waals surface area contributed by atoms with E-state index in [1.807, 2.05) is 6.92 Å². The van der Waals surface area contributed by atoms with Gasteiger partial charge in [-0.05, 0) is 18.5 Å². The van der Waals surface area contributed by atoms with Gasteiger partial charge in [0.05, 0.1) is 12.4 Å². The van der Waals surface area contributed by atoms with Crippen molar-refractivity contribution in [2.24, 2.45) is 0 Å². The summed E-state index contributed by atoms with van der Waals surface area (Å²) >= 11 is 5.49. The van der Waals surface area contributed by atoms with E-state index in [2.05, 4.69) is 19.8 Å². The Morgan fingerprint density at radius 1 is 1.39 bits per heavy atom. The van der Waals surface area contributed by atoms with Crippen LogP contribution in [0, 0.1) is 0 Å². The molecule has 0 spiro atoms. The third-order valence-corrected chi connectivity index (χ3v) is 3.61. The molecule has 7 nitrogen and oxygen atoms in total. The molecule has 0 radical (unpaired) electrons. The second kappa shape index (κ2) is 4.91. The van der Waals surface area contributed by atoms with Gasteiger partial charge >= 0.3 is 0 Å². The highest BCUT2D eigenvalue weighted by molar-refractivity contribution is 7.92. The van der Waals surface area contributed by atoms with Crippen LogP contribution in [0.15, 0.2) is 29.6 Å².